The van der Waals surface area contributed by atoms with E-state index in [9.17, 15) is 0 Å². The lowest BCUT2D eigenvalue weighted by molar-refractivity contribution is 0.649. The van der Waals surface area contributed by atoms with Crippen LogP contribution in [0.15, 0.2) is 118 Å². The average Bonchev–Trinajstić information content (AvgIpc) is 2.87. The Kier molecular flexibility index (Phi) is 4.99. The van der Waals surface area contributed by atoms with E-state index >= 15 is 0 Å². The van der Waals surface area contributed by atoms with E-state index in [1.54, 1.807) is 0 Å². The first-order valence-electron chi connectivity index (χ1n) is 11.6. The van der Waals surface area contributed by atoms with Crippen molar-refractivity contribution in [3.8, 4) is 0 Å². The minimum absolute atomic E-state index is 0.301. The monoisotopic (exact) mass is 456 g/mol. The molecule has 0 spiro atoms. The fraction of sp³-hybridized carbons (Fsp3) is 0.103. The van der Waals surface area contributed by atoms with E-state index in [2.05, 4.69) is 64.1 Å². The van der Waals surface area contributed by atoms with Crippen LogP contribution in [-0.2, 0) is 0 Å². The lowest BCUT2D eigenvalue weighted by atomic mass is 10.00. The van der Waals surface area contributed by atoms with E-state index in [4.69, 9.17) is 5.11 Å². The van der Waals surface area contributed by atoms with Gasteiger partial charge in [-0.1, -0.05) is 60.7 Å². The molecule has 6 rings (SSSR count). The molecule has 1 aliphatic heterocycles. The molecule has 6 nitrogen and oxygen atoms in total. The minimum atomic E-state index is -0.301. The maximum atomic E-state index is 4.69. The molecule has 0 saturated carbocycles. The molecule has 0 saturated heterocycles. The quantitative estimate of drug-likeness (QED) is 0.264. The van der Waals surface area contributed by atoms with Gasteiger partial charge in [0, 0.05) is 21.8 Å². The fourth-order valence-corrected chi connectivity index (χ4v) is 4.52. The van der Waals surface area contributed by atoms with Gasteiger partial charge in [0.2, 0.25) is 0 Å². The van der Waals surface area contributed by atoms with Crippen molar-refractivity contribution in [1.82, 2.24) is 0 Å². The molecule has 0 unspecified atom stereocenters. The van der Waals surface area contributed by atoms with Gasteiger partial charge < -0.3 is 10.6 Å². The van der Waals surface area contributed by atoms with Crippen molar-refractivity contribution < 1.29 is 0 Å². The number of anilines is 2. The van der Waals surface area contributed by atoms with Gasteiger partial charge in [0.05, 0.1) is 22.7 Å². The molecule has 2 N–H and O–H groups in total. The molecule has 0 bridgehead atoms. The molecule has 0 amide bonds. The number of fused-ring (bicyclic) bond motifs is 1. The maximum Gasteiger partial charge on any atom is 0.110 e. The first-order chi connectivity index (χ1) is 17.1. The van der Waals surface area contributed by atoms with Crippen LogP contribution in [0.2, 0.25) is 0 Å². The van der Waals surface area contributed by atoms with Crippen molar-refractivity contribution in [1.29, 1.82) is 0 Å². The van der Waals surface area contributed by atoms with Gasteiger partial charge in [-0.3, -0.25) is 0 Å². The number of nitrogens with one attached hydrogen (secondary N) is 2. The Morgan fingerprint density at radius 2 is 1.17 bits per heavy atom. The Labute approximate surface area is 203 Å². The molecule has 0 radical (unpaired) electrons. The summed E-state index contributed by atoms with van der Waals surface area (Å²) in [4.78, 5) is 0. The summed E-state index contributed by atoms with van der Waals surface area (Å²) in [5.41, 5.74) is 4.98. The van der Waals surface area contributed by atoms with E-state index in [0.717, 1.165) is 55.7 Å². The van der Waals surface area contributed by atoms with Crippen molar-refractivity contribution in [2.75, 3.05) is 10.6 Å². The van der Waals surface area contributed by atoms with E-state index in [1.165, 1.54) is 0 Å². The lowest BCUT2D eigenvalue weighted by Gasteiger charge is -2.36. The van der Waals surface area contributed by atoms with Crippen LogP contribution in [0.1, 0.15) is 13.8 Å². The van der Waals surface area contributed by atoms with Crippen molar-refractivity contribution in [3.63, 3.8) is 0 Å². The zero-order valence-corrected chi connectivity index (χ0v) is 19.5. The molecule has 35 heavy (non-hydrogen) atoms. The maximum absolute atomic E-state index is 4.69. The molecule has 0 aliphatic carbocycles. The molecule has 1 heterocycles. The van der Waals surface area contributed by atoms with Crippen LogP contribution in [0.5, 0.6) is 0 Å². The molecular weight excluding hydrogens is 432 g/mol. The van der Waals surface area contributed by atoms with Crippen LogP contribution < -0.4 is 10.6 Å². The Balaban J connectivity index is 1.41. The second-order valence-electron chi connectivity index (χ2n) is 9.12. The number of azo groups is 2. The topological polar surface area (TPSA) is 73.5 Å². The van der Waals surface area contributed by atoms with Gasteiger partial charge in [0.25, 0.3) is 0 Å². The summed E-state index contributed by atoms with van der Waals surface area (Å²) >= 11 is 0. The fourth-order valence-electron chi connectivity index (χ4n) is 4.52. The Hall–Kier alpha value is -4.58. The standard InChI is InChI=1S/C29H24N6/c1-29(2)30-25-14-8-9-19-15-16-26(28(31-29)27(19)25)35-34-24-18-17-23(21-12-6-7-13-22(21)24)33-32-20-10-4-3-5-11-20/h3-18,30-31H,1-2H3. The van der Waals surface area contributed by atoms with Crippen LogP contribution in [0, 0.1) is 0 Å². The molecule has 0 aromatic heterocycles. The number of benzene rings is 5. The van der Waals surface area contributed by atoms with E-state index in [1.807, 2.05) is 72.8 Å². The highest BCUT2D eigenvalue weighted by atomic mass is 15.2. The summed E-state index contributed by atoms with van der Waals surface area (Å²) in [6.07, 6.45) is 0. The van der Waals surface area contributed by atoms with Gasteiger partial charge in [0.15, 0.2) is 0 Å². The predicted octanol–water partition coefficient (Wildman–Crippen LogP) is 9.40. The zero-order valence-electron chi connectivity index (χ0n) is 19.5. The molecule has 5 aromatic carbocycles. The van der Waals surface area contributed by atoms with Crippen LogP contribution in [0.4, 0.5) is 34.1 Å². The van der Waals surface area contributed by atoms with E-state index in [-0.39, 0.29) is 5.66 Å². The third kappa shape index (κ3) is 3.99. The van der Waals surface area contributed by atoms with Crippen LogP contribution in [-0.4, -0.2) is 5.66 Å². The smallest absolute Gasteiger partial charge is 0.110 e. The number of rotatable bonds is 4. The Morgan fingerprint density at radius 1 is 0.543 bits per heavy atom. The Bertz CT molecular complexity index is 1620. The number of hydrogen-bond donors (Lipinski definition) is 2. The summed E-state index contributed by atoms with van der Waals surface area (Å²) in [6, 6.07) is 32.1. The first kappa shape index (κ1) is 21.0. The third-order valence-electron chi connectivity index (χ3n) is 6.08. The molecule has 6 heteroatoms. The minimum Gasteiger partial charge on any atom is -0.363 e. The van der Waals surface area contributed by atoms with Gasteiger partial charge in [-0.15, -0.1) is 15.3 Å². The molecule has 1 aliphatic rings. The summed E-state index contributed by atoms with van der Waals surface area (Å²) < 4.78 is 0. The van der Waals surface area contributed by atoms with Gasteiger partial charge >= 0.3 is 0 Å². The highest BCUT2D eigenvalue weighted by molar-refractivity contribution is 6.09. The largest absolute Gasteiger partial charge is 0.363 e. The number of hydrogen-bond acceptors (Lipinski definition) is 6. The van der Waals surface area contributed by atoms with Gasteiger partial charge in [-0.2, -0.15) is 5.11 Å². The van der Waals surface area contributed by atoms with Crippen molar-refractivity contribution in [2.45, 2.75) is 19.5 Å². The highest BCUT2D eigenvalue weighted by Crippen LogP contribution is 2.44. The summed E-state index contributed by atoms with van der Waals surface area (Å²) in [5.74, 6) is 0. The molecule has 0 fully saturated rings. The predicted molar refractivity (Wildman–Crippen MR) is 144 cm³/mol. The molecule has 170 valence electrons. The highest BCUT2D eigenvalue weighted by Gasteiger charge is 2.26. The van der Waals surface area contributed by atoms with E-state index < -0.39 is 0 Å². The average molecular weight is 457 g/mol. The SMILES string of the molecule is CC1(C)Nc2cccc3ccc(N=Nc4ccc(N=Nc5ccccc5)c5ccccc45)c(c23)N1. The van der Waals surface area contributed by atoms with Gasteiger partial charge in [-0.25, -0.2) is 0 Å². The first-order valence-corrected chi connectivity index (χ1v) is 11.6. The second-order valence-corrected chi connectivity index (χ2v) is 9.12. The van der Waals surface area contributed by atoms with Gasteiger partial charge in [0.1, 0.15) is 11.4 Å². The van der Waals surface area contributed by atoms with Crippen molar-refractivity contribution in [2.24, 2.45) is 20.5 Å². The molecule has 0 atom stereocenters. The summed E-state index contributed by atoms with van der Waals surface area (Å²) in [7, 11) is 0. The van der Waals surface area contributed by atoms with Crippen molar-refractivity contribution >= 4 is 55.7 Å². The van der Waals surface area contributed by atoms with Crippen LogP contribution >= 0.6 is 0 Å². The summed E-state index contributed by atoms with van der Waals surface area (Å²) in [5, 5.41) is 29.6. The van der Waals surface area contributed by atoms with Crippen LogP contribution in [0.25, 0.3) is 21.5 Å². The normalized spacial score (nSPS) is 14.5. The van der Waals surface area contributed by atoms with Crippen LogP contribution in [0.3, 0.4) is 0 Å². The third-order valence-corrected chi connectivity index (χ3v) is 6.08. The van der Waals surface area contributed by atoms with E-state index in [0.29, 0.717) is 0 Å². The second kappa shape index (κ2) is 8.33. The zero-order chi connectivity index (χ0) is 23.8. The van der Waals surface area contributed by atoms with Gasteiger partial charge in [-0.05, 0) is 55.6 Å². The van der Waals surface area contributed by atoms with Crippen molar-refractivity contribution in [3.05, 3.63) is 97.1 Å². The number of nitrogens with zero attached hydrogens (tertiary/aromatic N) is 4. The summed E-state index contributed by atoms with van der Waals surface area (Å²) in [6.45, 7) is 4.22. The molecule has 5 aromatic rings. The Morgan fingerprint density at radius 3 is 1.91 bits per heavy atom. The lowest BCUT2D eigenvalue weighted by Crippen LogP contribution is -2.41. The molecular formula is C29H24N6.